The highest BCUT2D eigenvalue weighted by Gasteiger charge is 2.51. The van der Waals surface area contributed by atoms with E-state index in [4.69, 9.17) is 0 Å². The first-order valence-corrected chi connectivity index (χ1v) is 3.56. The van der Waals surface area contributed by atoms with E-state index in [0.29, 0.717) is 0 Å². The van der Waals surface area contributed by atoms with Gasteiger partial charge in [-0.1, -0.05) is 29.5 Å². The van der Waals surface area contributed by atoms with Gasteiger partial charge in [0.1, 0.15) is 0 Å². The Bertz CT molecular complexity index is 87.0. The molecular weight excluding hydrogens is 225 g/mol. The molecule has 0 aromatic rings. The Morgan fingerprint density at radius 2 is 1.75 bits per heavy atom. The van der Waals surface area contributed by atoms with E-state index >= 15 is 0 Å². The van der Waals surface area contributed by atoms with E-state index in [1.54, 1.807) is 0 Å². The molecule has 1 aliphatic rings. The van der Waals surface area contributed by atoms with Gasteiger partial charge in [-0.05, 0) is 0 Å². The predicted molar refractivity (Wildman–Crippen MR) is 36.6 cm³/mol. The molecule has 1 fully saturated rings. The maximum absolute atomic E-state index is 12.0. The largest absolute Gasteiger partial charge is 0.250 e. The first-order valence-electron chi connectivity index (χ1n) is 2.48. The van der Waals surface area contributed by atoms with Crippen LogP contribution in [-0.4, -0.2) is 9.34 Å². The Morgan fingerprint density at radius 3 is 1.75 bits per heavy atom. The fourth-order valence-corrected chi connectivity index (χ4v) is 2.14. The first kappa shape index (κ1) is 6.71. The van der Waals surface area contributed by atoms with Crippen molar-refractivity contribution in [3.8, 4) is 0 Å². The molecular formula is C5H7F2I. The average Bonchev–Trinajstić information content (AvgIpc) is 1.20. The van der Waals surface area contributed by atoms with Crippen LogP contribution in [0.3, 0.4) is 0 Å². The smallest absolute Gasteiger partial charge is 0.207 e. The zero-order chi connectivity index (χ0) is 6.41. The molecule has 0 atom stereocenters. The third-order valence-electron chi connectivity index (χ3n) is 1.25. The zero-order valence-corrected chi connectivity index (χ0v) is 6.71. The molecule has 48 valence electrons. The topological polar surface area (TPSA) is 0 Å². The van der Waals surface area contributed by atoms with E-state index < -0.39 is 5.92 Å². The van der Waals surface area contributed by atoms with Gasteiger partial charge in [0.25, 0.3) is 5.92 Å². The summed E-state index contributed by atoms with van der Waals surface area (Å²) in [5, 5.41) is 0. The second-order valence-electron chi connectivity index (χ2n) is 2.62. The summed E-state index contributed by atoms with van der Waals surface area (Å²) < 4.78 is 23.9. The van der Waals surface area contributed by atoms with E-state index in [1.807, 2.05) is 6.92 Å². The van der Waals surface area contributed by atoms with Crippen molar-refractivity contribution >= 4 is 22.6 Å². The van der Waals surface area contributed by atoms with Gasteiger partial charge in [-0.25, -0.2) is 8.78 Å². The minimum Gasteiger partial charge on any atom is -0.207 e. The highest BCUT2D eigenvalue weighted by Crippen LogP contribution is 2.50. The van der Waals surface area contributed by atoms with Gasteiger partial charge in [0, 0.05) is 16.3 Å². The van der Waals surface area contributed by atoms with E-state index in [-0.39, 0.29) is 16.3 Å². The molecule has 0 bridgehead atoms. The van der Waals surface area contributed by atoms with Gasteiger partial charge in [0.15, 0.2) is 0 Å². The molecule has 3 heteroatoms. The van der Waals surface area contributed by atoms with Crippen LogP contribution < -0.4 is 0 Å². The minimum atomic E-state index is -2.35. The number of rotatable bonds is 0. The minimum absolute atomic E-state index is 0.0561. The van der Waals surface area contributed by atoms with E-state index in [9.17, 15) is 8.78 Å². The fourth-order valence-electron chi connectivity index (χ4n) is 1.03. The lowest BCUT2D eigenvalue weighted by molar-refractivity contribution is -0.0861. The molecule has 8 heavy (non-hydrogen) atoms. The van der Waals surface area contributed by atoms with Crippen LogP contribution in [0.5, 0.6) is 0 Å². The van der Waals surface area contributed by atoms with Gasteiger partial charge in [0.2, 0.25) is 0 Å². The maximum Gasteiger partial charge on any atom is 0.250 e. The fraction of sp³-hybridized carbons (Fsp3) is 1.00. The van der Waals surface area contributed by atoms with Crippen LogP contribution in [0, 0.1) is 0 Å². The molecule has 0 aromatic carbocycles. The van der Waals surface area contributed by atoms with Crippen LogP contribution >= 0.6 is 22.6 Å². The van der Waals surface area contributed by atoms with Crippen LogP contribution in [0.4, 0.5) is 8.78 Å². The second kappa shape index (κ2) is 1.55. The molecule has 0 unspecified atom stereocenters. The van der Waals surface area contributed by atoms with Crippen molar-refractivity contribution in [2.45, 2.75) is 29.1 Å². The van der Waals surface area contributed by atoms with Crippen molar-refractivity contribution in [3.63, 3.8) is 0 Å². The molecule has 0 aromatic heterocycles. The molecule has 1 rings (SSSR count). The number of halogens is 3. The molecule has 0 radical (unpaired) electrons. The van der Waals surface area contributed by atoms with Crippen LogP contribution in [0.15, 0.2) is 0 Å². The standard InChI is InChI=1S/C5H7F2I/c1-4(8)2-5(6,7)3-4/h2-3H2,1H3. The molecule has 0 spiro atoms. The summed E-state index contributed by atoms with van der Waals surface area (Å²) in [6, 6.07) is 0. The SMILES string of the molecule is CC1(I)CC(F)(F)C1. The molecule has 0 aliphatic heterocycles. The predicted octanol–water partition coefficient (Wildman–Crippen LogP) is 2.61. The quantitative estimate of drug-likeness (QED) is 0.444. The molecule has 0 saturated heterocycles. The molecule has 1 saturated carbocycles. The first-order chi connectivity index (χ1) is 3.41. The third kappa shape index (κ3) is 1.30. The Kier molecular flexibility index (Phi) is 1.30. The Balaban J connectivity index is 2.42. The van der Waals surface area contributed by atoms with Crippen molar-refractivity contribution in [2.24, 2.45) is 0 Å². The lowest BCUT2D eigenvalue weighted by atomic mass is 9.83. The van der Waals surface area contributed by atoms with Gasteiger partial charge in [-0.3, -0.25) is 0 Å². The second-order valence-corrected chi connectivity index (χ2v) is 5.23. The van der Waals surface area contributed by atoms with Crippen molar-refractivity contribution in [1.29, 1.82) is 0 Å². The highest BCUT2D eigenvalue weighted by molar-refractivity contribution is 14.1. The Labute approximate surface area is 60.8 Å². The van der Waals surface area contributed by atoms with E-state index in [0.717, 1.165) is 0 Å². The van der Waals surface area contributed by atoms with Crippen LogP contribution in [-0.2, 0) is 0 Å². The average molecular weight is 232 g/mol. The van der Waals surface area contributed by atoms with Gasteiger partial charge < -0.3 is 0 Å². The summed E-state index contributed by atoms with van der Waals surface area (Å²) in [6.45, 7) is 1.85. The van der Waals surface area contributed by atoms with Gasteiger partial charge in [0.05, 0.1) is 0 Å². The number of alkyl halides is 3. The third-order valence-corrected chi connectivity index (χ3v) is 2.02. The Hall–Kier alpha value is 0.590. The van der Waals surface area contributed by atoms with Gasteiger partial charge in [-0.15, -0.1) is 0 Å². The van der Waals surface area contributed by atoms with Crippen LogP contribution in [0.2, 0.25) is 0 Å². The maximum atomic E-state index is 12.0. The van der Waals surface area contributed by atoms with Crippen LogP contribution in [0.1, 0.15) is 19.8 Å². The van der Waals surface area contributed by atoms with Gasteiger partial charge in [-0.2, -0.15) is 0 Å². The monoisotopic (exact) mass is 232 g/mol. The van der Waals surface area contributed by atoms with Crippen molar-refractivity contribution in [2.75, 3.05) is 0 Å². The molecule has 0 heterocycles. The lowest BCUT2D eigenvalue weighted by Crippen LogP contribution is -2.44. The highest BCUT2D eigenvalue weighted by atomic mass is 127. The Morgan fingerprint density at radius 1 is 1.38 bits per heavy atom. The number of hydrogen-bond donors (Lipinski definition) is 0. The summed E-state index contributed by atoms with van der Waals surface area (Å²) in [4.78, 5) is 0. The van der Waals surface area contributed by atoms with Crippen molar-refractivity contribution < 1.29 is 8.78 Å². The summed E-state index contributed by atoms with van der Waals surface area (Å²) in [5.41, 5.74) is 0. The molecule has 0 amide bonds. The molecule has 0 N–H and O–H groups in total. The van der Waals surface area contributed by atoms with Crippen molar-refractivity contribution in [1.82, 2.24) is 0 Å². The summed E-state index contributed by atoms with van der Waals surface area (Å²) >= 11 is 2.07. The van der Waals surface area contributed by atoms with E-state index in [1.165, 1.54) is 0 Å². The van der Waals surface area contributed by atoms with Crippen molar-refractivity contribution in [3.05, 3.63) is 0 Å². The number of hydrogen-bond acceptors (Lipinski definition) is 0. The van der Waals surface area contributed by atoms with E-state index in [2.05, 4.69) is 22.6 Å². The van der Waals surface area contributed by atoms with Crippen LogP contribution in [0.25, 0.3) is 0 Å². The molecule has 0 nitrogen and oxygen atoms in total. The van der Waals surface area contributed by atoms with Gasteiger partial charge >= 0.3 is 0 Å². The lowest BCUT2D eigenvalue weighted by Gasteiger charge is -2.40. The summed E-state index contributed by atoms with van der Waals surface area (Å²) in [5.74, 6) is -2.35. The summed E-state index contributed by atoms with van der Waals surface area (Å²) in [7, 11) is 0. The normalized spacial score (nSPS) is 31.5. The summed E-state index contributed by atoms with van der Waals surface area (Å²) in [6.07, 6.45) is 0.112. The molecule has 1 aliphatic carbocycles. The zero-order valence-electron chi connectivity index (χ0n) is 4.55.